The molecule has 1 N–H and O–H groups in total. The van der Waals surface area contributed by atoms with Crippen molar-refractivity contribution in [2.45, 2.75) is 78.1 Å². The molecule has 1 saturated carbocycles. The Balaban J connectivity index is 2.17. The average molecular weight is 254 g/mol. The van der Waals surface area contributed by atoms with Crippen LogP contribution >= 0.6 is 0 Å². The number of unbranched alkanes of at least 4 members (excludes halogenated alkanes) is 6. The fraction of sp³-hybridized carbons (Fsp3) is 0.938. The second kappa shape index (κ2) is 8.55. The summed E-state index contributed by atoms with van der Waals surface area (Å²) in [6.07, 6.45) is 12.4. The Bertz CT molecular complexity index is 219. The Morgan fingerprint density at radius 2 is 1.28 bits per heavy atom. The average Bonchev–Trinajstić information content (AvgIpc) is 3.04. The Morgan fingerprint density at radius 1 is 0.833 bits per heavy atom. The lowest BCUT2D eigenvalue weighted by molar-refractivity contribution is -0.139. The minimum Gasteiger partial charge on any atom is -0.481 e. The van der Waals surface area contributed by atoms with E-state index in [4.69, 9.17) is 0 Å². The van der Waals surface area contributed by atoms with Crippen molar-refractivity contribution in [2.24, 2.45) is 17.8 Å². The van der Waals surface area contributed by atoms with Gasteiger partial charge in [0.1, 0.15) is 0 Å². The highest BCUT2D eigenvalue weighted by molar-refractivity contribution is 5.74. The number of rotatable bonds is 11. The molecule has 106 valence electrons. The summed E-state index contributed by atoms with van der Waals surface area (Å²) in [4.78, 5) is 11.2. The van der Waals surface area contributed by atoms with E-state index in [0.29, 0.717) is 11.8 Å². The summed E-state index contributed by atoms with van der Waals surface area (Å²) in [6.45, 7) is 4.43. The summed E-state index contributed by atoms with van der Waals surface area (Å²) in [5, 5.41) is 9.20. The van der Waals surface area contributed by atoms with E-state index in [1.54, 1.807) is 0 Å². The summed E-state index contributed by atoms with van der Waals surface area (Å²) in [5.74, 6) is 0.450. The van der Waals surface area contributed by atoms with Crippen LogP contribution in [-0.4, -0.2) is 11.1 Å². The van der Waals surface area contributed by atoms with Gasteiger partial charge in [0.05, 0.1) is 5.92 Å². The van der Waals surface area contributed by atoms with Gasteiger partial charge in [-0.2, -0.15) is 0 Å². The molecule has 0 radical (unpaired) electrons. The molecule has 0 heterocycles. The van der Waals surface area contributed by atoms with Crippen LogP contribution in [0, 0.1) is 17.8 Å². The topological polar surface area (TPSA) is 37.3 Å². The van der Waals surface area contributed by atoms with Crippen molar-refractivity contribution in [2.75, 3.05) is 0 Å². The van der Waals surface area contributed by atoms with E-state index in [1.807, 2.05) is 0 Å². The third-order valence-electron chi connectivity index (χ3n) is 4.40. The molecule has 2 atom stereocenters. The van der Waals surface area contributed by atoms with Gasteiger partial charge in [-0.1, -0.05) is 65.2 Å². The highest BCUT2D eigenvalue weighted by Gasteiger charge is 2.53. The molecule has 2 unspecified atom stereocenters. The SMILES string of the molecule is CCCCCCC1C(CCCCCC)C1C(=O)O. The number of carboxylic acids is 1. The molecular weight excluding hydrogens is 224 g/mol. The fourth-order valence-electron chi connectivity index (χ4n) is 3.21. The Hall–Kier alpha value is -0.530. The van der Waals surface area contributed by atoms with Gasteiger partial charge in [0.25, 0.3) is 0 Å². The van der Waals surface area contributed by atoms with Crippen LogP contribution in [0.3, 0.4) is 0 Å². The van der Waals surface area contributed by atoms with Gasteiger partial charge in [0.15, 0.2) is 0 Å². The van der Waals surface area contributed by atoms with E-state index >= 15 is 0 Å². The molecule has 2 heteroatoms. The van der Waals surface area contributed by atoms with Crippen molar-refractivity contribution in [3.63, 3.8) is 0 Å². The first-order valence-electron chi connectivity index (χ1n) is 7.95. The van der Waals surface area contributed by atoms with Crippen LogP contribution in [0.2, 0.25) is 0 Å². The molecule has 1 fully saturated rings. The van der Waals surface area contributed by atoms with Crippen LogP contribution in [0.4, 0.5) is 0 Å². The van der Waals surface area contributed by atoms with E-state index in [2.05, 4.69) is 13.8 Å². The van der Waals surface area contributed by atoms with E-state index < -0.39 is 5.97 Å². The van der Waals surface area contributed by atoms with Crippen LogP contribution in [-0.2, 0) is 4.79 Å². The molecule has 2 nitrogen and oxygen atoms in total. The van der Waals surface area contributed by atoms with Gasteiger partial charge in [-0.05, 0) is 24.7 Å². The molecule has 0 aromatic heterocycles. The van der Waals surface area contributed by atoms with Crippen molar-refractivity contribution in [1.82, 2.24) is 0 Å². The molecule has 1 aliphatic rings. The van der Waals surface area contributed by atoms with E-state index in [1.165, 1.54) is 51.4 Å². The van der Waals surface area contributed by atoms with Gasteiger partial charge in [-0.3, -0.25) is 4.79 Å². The predicted molar refractivity (Wildman–Crippen MR) is 75.6 cm³/mol. The summed E-state index contributed by atoms with van der Waals surface area (Å²) < 4.78 is 0. The van der Waals surface area contributed by atoms with Gasteiger partial charge in [0.2, 0.25) is 0 Å². The number of aliphatic carboxylic acids is 1. The highest BCUT2D eigenvalue weighted by atomic mass is 16.4. The minimum absolute atomic E-state index is 0.00625. The molecule has 1 aliphatic carbocycles. The van der Waals surface area contributed by atoms with Crippen LogP contribution in [0.15, 0.2) is 0 Å². The van der Waals surface area contributed by atoms with Crippen molar-refractivity contribution in [3.05, 3.63) is 0 Å². The molecule has 0 aliphatic heterocycles. The molecule has 18 heavy (non-hydrogen) atoms. The van der Waals surface area contributed by atoms with E-state index in [-0.39, 0.29) is 5.92 Å². The Morgan fingerprint density at radius 3 is 1.61 bits per heavy atom. The quantitative estimate of drug-likeness (QED) is 0.534. The number of carboxylic acid groups (broad SMARTS) is 1. The molecule has 0 aromatic carbocycles. The van der Waals surface area contributed by atoms with Gasteiger partial charge in [0, 0.05) is 0 Å². The lowest BCUT2D eigenvalue weighted by Gasteiger charge is -2.00. The largest absolute Gasteiger partial charge is 0.481 e. The number of carbonyl (C=O) groups is 1. The van der Waals surface area contributed by atoms with Gasteiger partial charge < -0.3 is 5.11 Å². The highest BCUT2D eigenvalue weighted by Crippen LogP contribution is 2.52. The van der Waals surface area contributed by atoms with Crippen molar-refractivity contribution in [3.8, 4) is 0 Å². The zero-order valence-corrected chi connectivity index (χ0v) is 12.2. The second-order valence-corrected chi connectivity index (χ2v) is 5.89. The Labute approximate surface area is 112 Å². The maximum absolute atomic E-state index is 11.2. The van der Waals surface area contributed by atoms with Crippen LogP contribution in [0.1, 0.15) is 78.1 Å². The van der Waals surface area contributed by atoms with Crippen molar-refractivity contribution >= 4 is 5.97 Å². The van der Waals surface area contributed by atoms with Gasteiger partial charge in [-0.25, -0.2) is 0 Å². The second-order valence-electron chi connectivity index (χ2n) is 5.89. The number of hydrogen-bond acceptors (Lipinski definition) is 1. The zero-order chi connectivity index (χ0) is 13.4. The van der Waals surface area contributed by atoms with Crippen LogP contribution in [0.5, 0.6) is 0 Å². The summed E-state index contributed by atoms with van der Waals surface area (Å²) in [5.41, 5.74) is 0. The predicted octanol–water partition coefficient (Wildman–Crippen LogP) is 4.87. The molecule has 0 bridgehead atoms. The minimum atomic E-state index is -0.545. The molecule has 0 aromatic rings. The van der Waals surface area contributed by atoms with Gasteiger partial charge in [-0.15, -0.1) is 0 Å². The van der Waals surface area contributed by atoms with E-state index in [0.717, 1.165) is 12.8 Å². The zero-order valence-electron chi connectivity index (χ0n) is 12.2. The summed E-state index contributed by atoms with van der Waals surface area (Å²) >= 11 is 0. The van der Waals surface area contributed by atoms with Crippen LogP contribution < -0.4 is 0 Å². The number of hydrogen-bond donors (Lipinski definition) is 1. The third kappa shape index (κ3) is 4.99. The summed E-state index contributed by atoms with van der Waals surface area (Å²) in [6, 6.07) is 0. The molecule has 0 amide bonds. The first kappa shape index (κ1) is 15.5. The van der Waals surface area contributed by atoms with E-state index in [9.17, 15) is 9.90 Å². The normalized spacial score (nSPS) is 26.2. The molecule has 1 rings (SSSR count). The van der Waals surface area contributed by atoms with Crippen molar-refractivity contribution in [1.29, 1.82) is 0 Å². The first-order valence-corrected chi connectivity index (χ1v) is 7.95. The van der Waals surface area contributed by atoms with Gasteiger partial charge >= 0.3 is 5.97 Å². The maximum Gasteiger partial charge on any atom is 0.307 e. The molecule has 0 saturated heterocycles. The Kier molecular flexibility index (Phi) is 7.38. The molecule has 0 spiro atoms. The molecular formula is C16H30O2. The van der Waals surface area contributed by atoms with Crippen molar-refractivity contribution < 1.29 is 9.90 Å². The third-order valence-corrected chi connectivity index (χ3v) is 4.40. The monoisotopic (exact) mass is 254 g/mol. The fourth-order valence-corrected chi connectivity index (χ4v) is 3.21. The standard InChI is InChI=1S/C16H30O2/c1-3-5-7-9-11-13-14(15(13)16(17)18)12-10-8-6-4-2/h13-15H,3-12H2,1-2H3,(H,17,18). The lowest BCUT2D eigenvalue weighted by atomic mass is 10.1. The lowest BCUT2D eigenvalue weighted by Crippen LogP contribution is -2.00. The van der Waals surface area contributed by atoms with Crippen LogP contribution in [0.25, 0.3) is 0 Å². The maximum atomic E-state index is 11.2. The first-order chi connectivity index (χ1) is 8.72. The summed E-state index contributed by atoms with van der Waals surface area (Å²) in [7, 11) is 0. The smallest absolute Gasteiger partial charge is 0.307 e.